The summed E-state index contributed by atoms with van der Waals surface area (Å²) in [6.45, 7) is 3.02. The molecule has 0 aromatic carbocycles. The van der Waals surface area contributed by atoms with Crippen molar-refractivity contribution in [2.75, 3.05) is 26.2 Å². The van der Waals surface area contributed by atoms with Crippen molar-refractivity contribution < 1.29 is 19.1 Å². The van der Waals surface area contributed by atoms with Crippen LogP contribution in [-0.4, -0.2) is 63.7 Å². The molecule has 0 N–H and O–H groups in total. The van der Waals surface area contributed by atoms with Gasteiger partial charge < -0.3 is 9.64 Å². The molecule has 1 aromatic rings. The van der Waals surface area contributed by atoms with Crippen LogP contribution in [0, 0.1) is 12.8 Å². The summed E-state index contributed by atoms with van der Waals surface area (Å²) in [6, 6.07) is 1.75. The molecule has 2 saturated heterocycles. The topological polar surface area (TPSA) is 84.7 Å². The van der Waals surface area contributed by atoms with Gasteiger partial charge in [0, 0.05) is 32.6 Å². The molecule has 0 saturated carbocycles. The van der Waals surface area contributed by atoms with Crippen molar-refractivity contribution >= 4 is 17.9 Å². The zero-order chi connectivity index (χ0) is 15.1. The van der Waals surface area contributed by atoms with Crippen LogP contribution in [0.1, 0.15) is 16.2 Å². The summed E-state index contributed by atoms with van der Waals surface area (Å²) < 4.78 is 6.22. The second-order valence-electron chi connectivity index (χ2n) is 5.43. The fourth-order valence-electron chi connectivity index (χ4n) is 2.64. The Labute approximate surface area is 121 Å². The van der Waals surface area contributed by atoms with Gasteiger partial charge in [-0.25, -0.2) is 9.69 Å². The van der Waals surface area contributed by atoms with Crippen LogP contribution in [0.15, 0.2) is 6.07 Å². The molecular formula is C13H16N4O4. The van der Waals surface area contributed by atoms with Gasteiger partial charge in [0.15, 0.2) is 6.61 Å². The van der Waals surface area contributed by atoms with Gasteiger partial charge in [-0.1, -0.05) is 0 Å². The molecule has 8 nitrogen and oxygen atoms in total. The normalized spacial score (nSPS) is 19.0. The van der Waals surface area contributed by atoms with Crippen molar-refractivity contribution in [2.24, 2.45) is 13.0 Å². The zero-order valence-corrected chi connectivity index (χ0v) is 11.9. The largest absolute Gasteiger partial charge is 0.439 e. The van der Waals surface area contributed by atoms with Crippen LogP contribution in [0.4, 0.5) is 4.79 Å². The molecular weight excluding hydrogens is 276 g/mol. The first kappa shape index (κ1) is 13.6. The third-order valence-electron chi connectivity index (χ3n) is 3.75. The monoisotopic (exact) mass is 292 g/mol. The first-order chi connectivity index (χ1) is 9.95. The Morgan fingerprint density at radius 2 is 2.14 bits per heavy atom. The number of hydrogen-bond donors (Lipinski definition) is 0. The van der Waals surface area contributed by atoms with Crippen LogP contribution in [0.25, 0.3) is 0 Å². The summed E-state index contributed by atoms with van der Waals surface area (Å²) >= 11 is 0. The van der Waals surface area contributed by atoms with Crippen molar-refractivity contribution in [3.8, 4) is 0 Å². The molecule has 0 radical (unpaired) electrons. The van der Waals surface area contributed by atoms with Gasteiger partial charge in [-0.05, 0) is 13.0 Å². The van der Waals surface area contributed by atoms with E-state index in [1.54, 1.807) is 22.7 Å². The summed E-state index contributed by atoms with van der Waals surface area (Å²) in [5.41, 5.74) is 1.34. The molecule has 1 aromatic heterocycles. The molecule has 2 aliphatic heterocycles. The smallest absolute Gasteiger partial charge is 0.417 e. The van der Waals surface area contributed by atoms with E-state index < -0.39 is 6.09 Å². The number of imide groups is 1. The molecule has 0 aliphatic carbocycles. The van der Waals surface area contributed by atoms with Gasteiger partial charge in [-0.15, -0.1) is 0 Å². The van der Waals surface area contributed by atoms with Crippen LogP contribution >= 0.6 is 0 Å². The lowest BCUT2D eigenvalue weighted by atomic mass is 9.99. The Kier molecular flexibility index (Phi) is 3.15. The van der Waals surface area contributed by atoms with Gasteiger partial charge in [0.25, 0.3) is 11.8 Å². The predicted molar refractivity (Wildman–Crippen MR) is 70.4 cm³/mol. The van der Waals surface area contributed by atoms with Crippen LogP contribution in [0.3, 0.4) is 0 Å². The Balaban J connectivity index is 1.56. The highest BCUT2D eigenvalue weighted by Gasteiger charge is 2.38. The fraction of sp³-hybridized carbons (Fsp3) is 0.538. The lowest BCUT2D eigenvalue weighted by molar-refractivity contribution is -0.126. The number of nitrogens with zero attached hydrogens (tertiary/aromatic N) is 4. The van der Waals surface area contributed by atoms with Gasteiger partial charge in [-0.3, -0.25) is 14.3 Å². The van der Waals surface area contributed by atoms with E-state index >= 15 is 0 Å². The third kappa shape index (κ3) is 2.37. The molecule has 0 spiro atoms. The second-order valence-corrected chi connectivity index (χ2v) is 5.43. The van der Waals surface area contributed by atoms with Crippen LogP contribution in [-0.2, 0) is 16.6 Å². The minimum absolute atomic E-state index is 0.0790. The second kappa shape index (κ2) is 4.87. The standard InChI is InChI=1S/C13H16N4O4/c1-8-3-10(15(2)14-8)12(19)16-4-9(5-16)6-17-11(18)7-21-13(17)20/h3,9H,4-7H2,1-2H3. The van der Waals surface area contributed by atoms with Crippen LogP contribution in [0.2, 0.25) is 0 Å². The van der Waals surface area contributed by atoms with E-state index in [2.05, 4.69) is 9.84 Å². The summed E-state index contributed by atoms with van der Waals surface area (Å²) in [4.78, 5) is 37.8. The Morgan fingerprint density at radius 1 is 1.43 bits per heavy atom. The number of carbonyl (C=O) groups is 3. The Morgan fingerprint density at radius 3 is 2.67 bits per heavy atom. The van der Waals surface area contributed by atoms with E-state index in [4.69, 9.17) is 0 Å². The number of ether oxygens (including phenoxy) is 1. The zero-order valence-electron chi connectivity index (χ0n) is 11.9. The summed E-state index contributed by atoms with van der Waals surface area (Å²) in [5.74, 6) is -0.283. The first-order valence-corrected chi connectivity index (χ1v) is 6.72. The molecule has 2 aliphatic rings. The number of hydrogen-bond acceptors (Lipinski definition) is 5. The first-order valence-electron chi connectivity index (χ1n) is 6.72. The number of rotatable bonds is 3. The molecule has 112 valence electrons. The number of aryl methyl sites for hydroxylation is 2. The maximum atomic E-state index is 12.3. The Hall–Kier alpha value is -2.38. The lowest BCUT2D eigenvalue weighted by Crippen LogP contribution is -2.54. The van der Waals surface area contributed by atoms with E-state index in [0.717, 1.165) is 10.6 Å². The average Bonchev–Trinajstić information content (AvgIpc) is 2.87. The summed E-state index contributed by atoms with van der Waals surface area (Å²) in [6.07, 6.45) is -0.591. The van der Waals surface area contributed by atoms with Crippen LogP contribution < -0.4 is 0 Å². The van der Waals surface area contributed by atoms with Crippen molar-refractivity contribution in [1.29, 1.82) is 0 Å². The maximum absolute atomic E-state index is 12.3. The number of cyclic esters (lactones) is 1. The lowest BCUT2D eigenvalue weighted by Gasteiger charge is -2.40. The van der Waals surface area contributed by atoms with E-state index in [0.29, 0.717) is 25.3 Å². The van der Waals surface area contributed by atoms with E-state index in [-0.39, 0.29) is 24.3 Å². The number of amides is 3. The highest BCUT2D eigenvalue weighted by molar-refractivity contribution is 5.98. The van der Waals surface area contributed by atoms with Crippen molar-refractivity contribution in [3.05, 3.63) is 17.5 Å². The third-order valence-corrected chi connectivity index (χ3v) is 3.75. The minimum Gasteiger partial charge on any atom is -0.439 e. The van der Waals surface area contributed by atoms with Gasteiger partial charge >= 0.3 is 6.09 Å². The van der Waals surface area contributed by atoms with Gasteiger partial charge in [-0.2, -0.15) is 5.10 Å². The average molecular weight is 292 g/mol. The summed E-state index contributed by atoms with van der Waals surface area (Å²) in [5, 5.41) is 4.15. The molecule has 0 unspecified atom stereocenters. The minimum atomic E-state index is -0.591. The van der Waals surface area contributed by atoms with E-state index in [9.17, 15) is 14.4 Å². The predicted octanol–water partition coefficient (Wildman–Crippen LogP) is -0.221. The number of likely N-dealkylation sites (tertiary alicyclic amines) is 1. The van der Waals surface area contributed by atoms with Gasteiger partial charge in [0.2, 0.25) is 0 Å². The highest BCUT2D eigenvalue weighted by Crippen LogP contribution is 2.21. The number of carbonyl (C=O) groups excluding carboxylic acids is 3. The highest BCUT2D eigenvalue weighted by atomic mass is 16.6. The number of aromatic nitrogens is 2. The van der Waals surface area contributed by atoms with E-state index in [1.807, 2.05) is 6.92 Å². The van der Waals surface area contributed by atoms with Gasteiger partial charge in [0.1, 0.15) is 5.69 Å². The van der Waals surface area contributed by atoms with Gasteiger partial charge in [0.05, 0.1) is 5.69 Å². The van der Waals surface area contributed by atoms with Crippen molar-refractivity contribution in [2.45, 2.75) is 6.92 Å². The molecule has 8 heteroatoms. The maximum Gasteiger partial charge on any atom is 0.417 e. The van der Waals surface area contributed by atoms with Crippen LogP contribution in [0.5, 0.6) is 0 Å². The molecule has 2 fully saturated rings. The molecule has 21 heavy (non-hydrogen) atoms. The quantitative estimate of drug-likeness (QED) is 0.769. The van der Waals surface area contributed by atoms with E-state index in [1.165, 1.54) is 0 Å². The molecule has 3 heterocycles. The molecule has 3 amide bonds. The molecule has 0 bridgehead atoms. The molecule has 3 rings (SSSR count). The summed E-state index contributed by atoms with van der Waals surface area (Å²) in [7, 11) is 1.73. The fourth-order valence-corrected chi connectivity index (χ4v) is 2.64. The SMILES string of the molecule is Cc1cc(C(=O)N2CC(CN3C(=O)COC3=O)C2)n(C)n1. The molecule has 0 atom stereocenters. The van der Waals surface area contributed by atoms with Crippen molar-refractivity contribution in [1.82, 2.24) is 19.6 Å². The Bertz CT molecular complexity index is 602. The van der Waals surface area contributed by atoms with Crippen molar-refractivity contribution in [3.63, 3.8) is 0 Å².